The van der Waals surface area contributed by atoms with Crippen molar-refractivity contribution in [2.24, 2.45) is 17.8 Å². The Morgan fingerprint density at radius 2 is 0.939 bits per heavy atom. The van der Waals surface area contributed by atoms with Crippen LogP contribution in [-0.4, -0.2) is 56.6 Å². The van der Waals surface area contributed by atoms with Crippen LogP contribution in [0.1, 0.15) is 80.1 Å². The third-order valence-corrected chi connectivity index (χ3v) is 5.18. The summed E-state index contributed by atoms with van der Waals surface area (Å²) in [6.45, 7) is 12.8. The number of carbonyl (C=O) groups is 3. The minimum Gasteiger partial charge on any atom is -0.434 e. The Morgan fingerprint density at radius 1 is 0.606 bits per heavy atom. The summed E-state index contributed by atoms with van der Waals surface area (Å²) in [7, 11) is 0. The van der Waals surface area contributed by atoms with Crippen LogP contribution in [0.4, 0.5) is 14.4 Å². The number of carbonyl (C=O) groups excluding carboxylic acids is 3. The first-order chi connectivity index (χ1) is 15.6. The monoisotopic (exact) mass is 474 g/mol. The van der Waals surface area contributed by atoms with Gasteiger partial charge in [-0.25, -0.2) is 14.4 Å². The maximum absolute atomic E-state index is 12.3. The summed E-state index contributed by atoms with van der Waals surface area (Å²) in [5, 5.41) is 0. The molecule has 1 saturated carbocycles. The second-order valence-electron chi connectivity index (χ2n) is 9.67. The van der Waals surface area contributed by atoms with E-state index in [0.717, 1.165) is 0 Å². The van der Waals surface area contributed by atoms with Gasteiger partial charge in [-0.15, -0.1) is 0 Å². The molecule has 0 aromatic heterocycles. The minimum absolute atomic E-state index is 0.203. The molecule has 1 fully saturated rings. The second kappa shape index (κ2) is 15.6. The lowest BCUT2D eigenvalue weighted by molar-refractivity contribution is -0.126. The van der Waals surface area contributed by atoms with Crippen molar-refractivity contribution in [1.29, 1.82) is 0 Å². The van der Waals surface area contributed by atoms with E-state index in [4.69, 9.17) is 28.4 Å². The van der Waals surface area contributed by atoms with Gasteiger partial charge in [-0.2, -0.15) is 0 Å². The summed E-state index contributed by atoms with van der Waals surface area (Å²) in [6.07, 6.45) is -1.67. The first kappa shape index (κ1) is 28.8. The third kappa shape index (κ3) is 13.2. The largest absolute Gasteiger partial charge is 0.508 e. The molecule has 0 aromatic carbocycles. The molecule has 1 rings (SSSR count). The summed E-state index contributed by atoms with van der Waals surface area (Å²) in [6, 6.07) is 0. The fourth-order valence-corrected chi connectivity index (χ4v) is 3.09. The van der Waals surface area contributed by atoms with Crippen molar-refractivity contribution >= 4 is 18.5 Å². The lowest BCUT2D eigenvalue weighted by atomic mass is 9.91. The van der Waals surface area contributed by atoms with E-state index in [0.29, 0.717) is 56.3 Å². The maximum Gasteiger partial charge on any atom is 0.508 e. The molecular weight excluding hydrogens is 432 g/mol. The molecule has 0 amide bonds. The van der Waals surface area contributed by atoms with Gasteiger partial charge in [0.05, 0.1) is 19.8 Å². The molecule has 33 heavy (non-hydrogen) atoms. The molecule has 2 unspecified atom stereocenters. The summed E-state index contributed by atoms with van der Waals surface area (Å²) in [5.41, 5.74) is 0. The Bertz CT molecular complexity index is 552. The van der Waals surface area contributed by atoms with Crippen molar-refractivity contribution in [1.82, 2.24) is 0 Å². The SMILES string of the molecule is CC(C)CCOC(=O)OC1CCCC(OC(=O)OCCC(C)C)C1OC(=O)OCCC(C)C. The van der Waals surface area contributed by atoms with Crippen LogP contribution >= 0.6 is 0 Å². The first-order valence-electron chi connectivity index (χ1n) is 12.1. The van der Waals surface area contributed by atoms with E-state index in [-0.39, 0.29) is 19.8 Å². The van der Waals surface area contributed by atoms with E-state index in [2.05, 4.69) is 0 Å². The van der Waals surface area contributed by atoms with Crippen molar-refractivity contribution in [2.45, 2.75) is 98.4 Å². The molecule has 0 heterocycles. The highest BCUT2D eigenvalue weighted by Gasteiger charge is 2.42. The molecular formula is C24H42O9. The predicted molar refractivity (Wildman–Crippen MR) is 121 cm³/mol. The van der Waals surface area contributed by atoms with E-state index < -0.39 is 36.8 Å². The molecule has 0 bridgehead atoms. The molecule has 0 aromatic rings. The Labute approximate surface area is 197 Å². The van der Waals surface area contributed by atoms with Crippen molar-refractivity contribution < 1.29 is 42.8 Å². The third-order valence-electron chi connectivity index (χ3n) is 5.18. The van der Waals surface area contributed by atoms with Gasteiger partial charge in [-0.3, -0.25) is 0 Å². The number of hydrogen-bond acceptors (Lipinski definition) is 9. The number of hydrogen-bond donors (Lipinski definition) is 0. The van der Waals surface area contributed by atoms with Crippen LogP contribution in [0.15, 0.2) is 0 Å². The van der Waals surface area contributed by atoms with Crippen LogP contribution in [0.5, 0.6) is 0 Å². The number of ether oxygens (including phenoxy) is 6. The summed E-state index contributed by atoms with van der Waals surface area (Å²) in [5.74, 6) is 1.12. The molecule has 2 atom stereocenters. The quantitative estimate of drug-likeness (QED) is 0.253. The van der Waals surface area contributed by atoms with Gasteiger partial charge in [0.15, 0.2) is 6.10 Å². The maximum atomic E-state index is 12.3. The fraction of sp³-hybridized carbons (Fsp3) is 0.875. The molecule has 9 nitrogen and oxygen atoms in total. The molecule has 0 aliphatic heterocycles. The Kier molecular flexibility index (Phi) is 13.6. The van der Waals surface area contributed by atoms with E-state index in [1.165, 1.54) is 0 Å². The second-order valence-corrected chi connectivity index (χ2v) is 9.67. The summed E-state index contributed by atoms with van der Waals surface area (Å²) < 4.78 is 31.7. The highest BCUT2D eigenvalue weighted by atomic mass is 16.8. The van der Waals surface area contributed by atoms with Gasteiger partial charge in [0.25, 0.3) is 0 Å². The van der Waals surface area contributed by atoms with Crippen LogP contribution in [0.2, 0.25) is 0 Å². The van der Waals surface area contributed by atoms with Crippen LogP contribution in [0, 0.1) is 17.8 Å². The molecule has 9 heteroatoms. The van der Waals surface area contributed by atoms with Crippen molar-refractivity contribution in [2.75, 3.05) is 19.8 Å². The lowest BCUT2D eigenvalue weighted by Crippen LogP contribution is -2.48. The van der Waals surface area contributed by atoms with Crippen LogP contribution < -0.4 is 0 Å². The average Bonchev–Trinajstić information content (AvgIpc) is 2.69. The van der Waals surface area contributed by atoms with E-state index >= 15 is 0 Å². The molecule has 1 aliphatic rings. The topological polar surface area (TPSA) is 107 Å². The van der Waals surface area contributed by atoms with Crippen LogP contribution in [0.25, 0.3) is 0 Å². The van der Waals surface area contributed by atoms with Gasteiger partial charge in [0.1, 0.15) is 12.2 Å². The Balaban J connectivity index is 2.75. The summed E-state index contributed by atoms with van der Waals surface area (Å²) in [4.78, 5) is 36.6. The highest BCUT2D eigenvalue weighted by Crippen LogP contribution is 2.28. The lowest BCUT2D eigenvalue weighted by Gasteiger charge is -2.35. The zero-order valence-corrected chi connectivity index (χ0v) is 21.0. The van der Waals surface area contributed by atoms with Crippen molar-refractivity contribution in [3.05, 3.63) is 0 Å². The van der Waals surface area contributed by atoms with Gasteiger partial charge in [0, 0.05) is 0 Å². The zero-order valence-electron chi connectivity index (χ0n) is 21.0. The Hall–Kier alpha value is -2.19. The standard InChI is InChI=1S/C24H42O9/c1-16(2)10-13-28-22(25)31-19-8-7-9-20(32-23(26)29-14-11-17(3)4)21(19)33-24(27)30-15-12-18(5)6/h16-21H,7-15H2,1-6H3. The van der Waals surface area contributed by atoms with E-state index in [9.17, 15) is 14.4 Å². The molecule has 0 radical (unpaired) electrons. The van der Waals surface area contributed by atoms with Gasteiger partial charge in [0.2, 0.25) is 0 Å². The molecule has 0 spiro atoms. The summed E-state index contributed by atoms with van der Waals surface area (Å²) >= 11 is 0. The smallest absolute Gasteiger partial charge is 0.434 e. The normalized spacial score (nSPS) is 20.5. The molecule has 0 N–H and O–H groups in total. The predicted octanol–water partition coefficient (Wildman–Crippen LogP) is 5.87. The fourth-order valence-electron chi connectivity index (χ4n) is 3.09. The van der Waals surface area contributed by atoms with Gasteiger partial charge >= 0.3 is 18.5 Å². The minimum atomic E-state index is -1.01. The van der Waals surface area contributed by atoms with Gasteiger partial charge in [-0.05, 0) is 56.3 Å². The van der Waals surface area contributed by atoms with Gasteiger partial charge < -0.3 is 28.4 Å². The van der Waals surface area contributed by atoms with E-state index in [1.54, 1.807) is 0 Å². The first-order valence-corrected chi connectivity index (χ1v) is 12.1. The molecule has 0 saturated heterocycles. The zero-order chi connectivity index (χ0) is 24.8. The van der Waals surface area contributed by atoms with E-state index in [1.807, 2.05) is 41.5 Å². The van der Waals surface area contributed by atoms with Gasteiger partial charge in [-0.1, -0.05) is 41.5 Å². The highest BCUT2D eigenvalue weighted by molar-refractivity contribution is 5.62. The van der Waals surface area contributed by atoms with Crippen molar-refractivity contribution in [3.63, 3.8) is 0 Å². The average molecular weight is 475 g/mol. The number of rotatable bonds is 12. The van der Waals surface area contributed by atoms with Crippen LogP contribution in [0.3, 0.4) is 0 Å². The van der Waals surface area contributed by atoms with Crippen molar-refractivity contribution in [3.8, 4) is 0 Å². The molecule has 192 valence electrons. The Morgan fingerprint density at radius 3 is 1.27 bits per heavy atom. The molecule has 1 aliphatic carbocycles. The van der Waals surface area contributed by atoms with Crippen LogP contribution in [-0.2, 0) is 28.4 Å².